The minimum Gasteiger partial charge on any atom is -0.313 e. The van der Waals surface area contributed by atoms with Gasteiger partial charge in [0.1, 0.15) is 0 Å². The summed E-state index contributed by atoms with van der Waals surface area (Å²) in [5.41, 5.74) is 5.37. The van der Waals surface area contributed by atoms with Crippen LogP contribution in [0.15, 0.2) is 42.5 Å². The predicted molar refractivity (Wildman–Crippen MR) is 97.5 cm³/mol. The number of hydrogen-bond donors (Lipinski definition) is 2. The number of aromatic nitrogens is 2. The van der Waals surface area contributed by atoms with Crippen LogP contribution in [-0.2, 0) is 6.54 Å². The molecule has 1 aliphatic carbocycles. The second-order valence-corrected chi connectivity index (χ2v) is 7.08. The first kappa shape index (κ1) is 14.5. The van der Waals surface area contributed by atoms with Crippen LogP contribution < -0.4 is 5.32 Å². The first-order valence-electron chi connectivity index (χ1n) is 8.84. The third-order valence-electron chi connectivity index (χ3n) is 5.37. The van der Waals surface area contributed by atoms with Gasteiger partial charge in [-0.2, -0.15) is 5.10 Å². The third-order valence-corrected chi connectivity index (χ3v) is 5.37. The number of carbonyl (C=O) groups is 1. The van der Waals surface area contributed by atoms with E-state index in [2.05, 4.69) is 40.6 Å². The summed E-state index contributed by atoms with van der Waals surface area (Å²) in [7, 11) is 0. The maximum absolute atomic E-state index is 12.6. The van der Waals surface area contributed by atoms with Gasteiger partial charge in [-0.15, -0.1) is 0 Å². The summed E-state index contributed by atoms with van der Waals surface area (Å²) in [5, 5.41) is 11.9. The van der Waals surface area contributed by atoms with E-state index in [1.807, 2.05) is 29.2 Å². The van der Waals surface area contributed by atoms with Gasteiger partial charge in [0.2, 0.25) is 0 Å². The molecule has 0 radical (unpaired) electrons. The van der Waals surface area contributed by atoms with E-state index in [-0.39, 0.29) is 12.1 Å². The van der Waals surface area contributed by atoms with Crippen LogP contribution in [0, 0.1) is 0 Å². The highest BCUT2D eigenvalue weighted by Crippen LogP contribution is 2.43. The smallest absolute Gasteiger partial charge is 0.313 e. The van der Waals surface area contributed by atoms with Crippen molar-refractivity contribution in [2.45, 2.75) is 38.3 Å². The van der Waals surface area contributed by atoms with Crippen molar-refractivity contribution >= 4 is 22.6 Å². The lowest BCUT2D eigenvalue weighted by molar-refractivity contribution is 0.186. The normalized spacial score (nSPS) is 18.1. The third kappa shape index (κ3) is 2.38. The summed E-state index contributed by atoms with van der Waals surface area (Å²) >= 11 is 0. The number of hydrogen-bond acceptors (Lipinski definition) is 2. The minimum absolute atomic E-state index is 0.0253. The maximum atomic E-state index is 12.6. The molecular formula is C20H20N4O. The van der Waals surface area contributed by atoms with Gasteiger partial charge in [-0.25, -0.2) is 4.79 Å². The number of anilines is 1. The molecule has 2 aromatic carbocycles. The Balaban J connectivity index is 1.52. The van der Waals surface area contributed by atoms with Gasteiger partial charge >= 0.3 is 6.03 Å². The van der Waals surface area contributed by atoms with Crippen LogP contribution in [0.1, 0.15) is 48.5 Å². The molecule has 2 N–H and O–H groups in total. The Morgan fingerprint density at radius 2 is 2.00 bits per heavy atom. The lowest BCUT2D eigenvalue weighted by Crippen LogP contribution is -2.40. The largest absolute Gasteiger partial charge is 0.322 e. The van der Waals surface area contributed by atoms with Crippen molar-refractivity contribution < 1.29 is 4.79 Å². The molecule has 0 spiro atoms. The molecule has 1 aliphatic heterocycles. The van der Waals surface area contributed by atoms with E-state index in [0.29, 0.717) is 12.5 Å². The molecule has 1 saturated carbocycles. The number of rotatable bonds is 3. The number of fused-ring (bicyclic) bond motifs is 2. The number of aromatic amines is 1. The van der Waals surface area contributed by atoms with E-state index < -0.39 is 0 Å². The van der Waals surface area contributed by atoms with Crippen LogP contribution in [-0.4, -0.2) is 21.1 Å². The average molecular weight is 332 g/mol. The Hall–Kier alpha value is -2.82. The van der Waals surface area contributed by atoms with Crippen molar-refractivity contribution in [3.8, 4) is 0 Å². The van der Waals surface area contributed by atoms with Crippen molar-refractivity contribution in [3.63, 3.8) is 0 Å². The van der Waals surface area contributed by atoms with Crippen LogP contribution in [0.25, 0.3) is 10.9 Å². The maximum Gasteiger partial charge on any atom is 0.322 e. The molecule has 1 fully saturated rings. The summed E-state index contributed by atoms with van der Waals surface area (Å²) in [6, 6.07) is 14.4. The quantitative estimate of drug-likeness (QED) is 0.739. The van der Waals surface area contributed by atoms with E-state index in [4.69, 9.17) is 0 Å². The highest BCUT2D eigenvalue weighted by atomic mass is 16.2. The van der Waals surface area contributed by atoms with Gasteiger partial charge in [-0.3, -0.25) is 5.10 Å². The summed E-state index contributed by atoms with van der Waals surface area (Å²) in [4.78, 5) is 14.5. The standard InChI is InChI=1S/C20H20N4O/c1-12(13-5-3-2-4-6-13)24-11-15-9-16-18(10-17(15)21-20(24)25)22-23-19(16)14-7-8-14/h2-6,9-10,12,14H,7-8,11H2,1H3,(H,21,25)(H,22,23)/t12-/m1/s1. The van der Waals surface area contributed by atoms with E-state index in [9.17, 15) is 4.79 Å². The van der Waals surface area contributed by atoms with E-state index in [0.717, 1.165) is 22.3 Å². The molecule has 0 saturated heterocycles. The molecule has 1 atom stereocenters. The molecule has 1 aromatic heterocycles. The number of benzene rings is 2. The average Bonchev–Trinajstić information content (AvgIpc) is 3.40. The molecule has 5 nitrogen and oxygen atoms in total. The molecule has 5 rings (SSSR count). The topological polar surface area (TPSA) is 61.0 Å². The highest BCUT2D eigenvalue weighted by molar-refractivity contribution is 5.97. The monoisotopic (exact) mass is 332 g/mol. The second kappa shape index (κ2) is 5.34. The Morgan fingerprint density at radius 1 is 1.20 bits per heavy atom. The zero-order chi connectivity index (χ0) is 17.0. The number of carbonyl (C=O) groups excluding carboxylic acids is 1. The zero-order valence-electron chi connectivity index (χ0n) is 14.1. The van der Waals surface area contributed by atoms with Crippen LogP contribution in [0.4, 0.5) is 10.5 Å². The number of amides is 2. The first-order valence-corrected chi connectivity index (χ1v) is 8.84. The number of urea groups is 1. The molecule has 0 bridgehead atoms. The first-order chi connectivity index (χ1) is 12.2. The van der Waals surface area contributed by atoms with Gasteiger partial charge in [-0.05, 0) is 43.0 Å². The molecule has 2 aliphatic rings. The number of nitrogens with one attached hydrogen (secondary N) is 2. The molecule has 2 amide bonds. The fourth-order valence-electron chi connectivity index (χ4n) is 3.71. The van der Waals surface area contributed by atoms with Crippen molar-refractivity contribution in [1.29, 1.82) is 0 Å². The molecule has 5 heteroatoms. The summed E-state index contributed by atoms with van der Waals surface area (Å²) < 4.78 is 0. The molecular weight excluding hydrogens is 312 g/mol. The molecule has 3 aromatic rings. The van der Waals surface area contributed by atoms with Crippen LogP contribution in [0.2, 0.25) is 0 Å². The van der Waals surface area contributed by atoms with Gasteiger partial charge in [-0.1, -0.05) is 30.3 Å². The van der Waals surface area contributed by atoms with Crippen LogP contribution >= 0.6 is 0 Å². The van der Waals surface area contributed by atoms with Gasteiger partial charge in [0.05, 0.1) is 23.8 Å². The fourth-order valence-corrected chi connectivity index (χ4v) is 3.71. The number of nitrogens with zero attached hydrogens (tertiary/aromatic N) is 2. The highest BCUT2D eigenvalue weighted by Gasteiger charge is 2.31. The molecule has 25 heavy (non-hydrogen) atoms. The summed E-state index contributed by atoms with van der Waals surface area (Å²) in [6.07, 6.45) is 2.45. The van der Waals surface area contributed by atoms with Gasteiger partial charge in [0.25, 0.3) is 0 Å². The summed E-state index contributed by atoms with van der Waals surface area (Å²) in [5.74, 6) is 0.601. The molecule has 126 valence electrons. The number of H-pyrrole nitrogens is 1. The second-order valence-electron chi connectivity index (χ2n) is 7.08. The predicted octanol–water partition coefficient (Wildman–Crippen LogP) is 4.55. The fraction of sp³-hybridized carbons (Fsp3) is 0.300. The summed E-state index contributed by atoms with van der Waals surface area (Å²) in [6.45, 7) is 2.69. The Kier molecular flexibility index (Phi) is 3.10. The van der Waals surface area contributed by atoms with E-state index in [1.54, 1.807) is 0 Å². The van der Waals surface area contributed by atoms with Crippen LogP contribution in [0.5, 0.6) is 0 Å². The van der Waals surface area contributed by atoms with Crippen molar-refractivity contribution in [2.75, 3.05) is 5.32 Å². The lowest BCUT2D eigenvalue weighted by atomic mass is 10.0. The van der Waals surface area contributed by atoms with E-state index in [1.165, 1.54) is 23.9 Å². The minimum atomic E-state index is -0.0508. The van der Waals surface area contributed by atoms with Gasteiger partial charge in [0, 0.05) is 17.0 Å². The van der Waals surface area contributed by atoms with Gasteiger partial charge < -0.3 is 10.2 Å². The molecule has 0 unspecified atom stereocenters. The van der Waals surface area contributed by atoms with Crippen molar-refractivity contribution in [2.24, 2.45) is 0 Å². The lowest BCUT2D eigenvalue weighted by Gasteiger charge is -2.34. The Labute approximate surface area is 146 Å². The van der Waals surface area contributed by atoms with Gasteiger partial charge in [0.15, 0.2) is 0 Å². The Morgan fingerprint density at radius 3 is 2.76 bits per heavy atom. The van der Waals surface area contributed by atoms with Crippen LogP contribution in [0.3, 0.4) is 0 Å². The molecule has 2 heterocycles. The van der Waals surface area contributed by atoms with Crippen molar-refractivity contribution in [1.82, 2.24) is 15.1 Å². The SMILES string of the molecule is C[C@H](c1ccccc1)N1Cc2cc3c(C4CC4)n[nH]c3cc2NC1=O. The zero-order valence-corrected chi connectivity index (χ0v) is 14.1. The van der Waals surface area contributed by atoms with E-state index >= 15 is 0 Å². The Bertz CT molecular complexity index is 958. The van der Waals surface area contributed by atoms with Crippen molar-refractivity contribution in [3.05, 3.63) is 59.3 Å².